The number of aliphatic hydroxyl groups is 1. The molecular formula is C15H6F8O2. The molecule has 25 heavy (non-hydrogen) atoms. The fourth-order valence-electron chi connectivity index (χ4n) is 1.97. The van der Waals surface area contributed by atoms with Gasteiger partial charge in [-0.3, -0.25) is 4.79 Å². The summed E-state index contributed by atoms with van der Waals surface area (Å²) >= 11 is 0. The Morgan fingerprint density at radius 3 is 1.60 bits per heavy atom. The number of carbonyl (C=O) groups excluding carboxylic acids is 1. The van der Waals surface area contributed by atoms with Gasteiger partial charge in [-0.05, 0) is 12.1 Å². The zero-order valence-corrected chi connectivity index (χ0v) is 11.8. The van der Waals surface area contributed by atoms with E-state index in [9.17, 15) is 45.0 Å². The summed E-state index contributed by atoms with van der Waals surface area (Å²) in [6.45, 7) is 0. The number of rotatable bonds is 3. The maximum Gasteiger partial charge on any atom is 0.416 e. The van der Waals surface area contributed by atoms with Gasteiger partial charge in [0.1, 0.15) is 6.10 Å². The lowest BCUT2D eigenvalue weighted by molar-refractivity contribution is -0.137. The molecule has 0 amide bonds. The fourth-order valence-corrected chi connectivity index (χ4v) is 1.97. The number of hydrogen-bond acceptors (Lipinski definition) is 2. The van der Waals surface area contributed by atoms with Crippen molar-refractivity contribution < 1.29 is 45.0 Å². The van der Waals surface area contributed by atoms with E-state index in [-0.39, 0.29) is 0 Å². The molecule has 0 aromatic heterocycles. The largest absolute Gasteiger partial charge is 0.416 e. The van der Waals surface area contributed by atoms with Crippen LogP contribution in [0, 0.1) is 29.1 Å². The van der Waals surface area contributed by atoms with Crippen LogP contribution in [0.2, 0.25) is 0 Å². The third-order valence-electron chi connectivity index (χ3n) is 3.26. The van der Waals surface area contributed by atoms with E-state index in [2.05, 4.69) is 0 Å². The van der Waals surface area contributed by atoms with Crippen molar-refractivity contribution in [3.8, 4) is 0 Å². The van der Waals surface area contributed by atoms with Gasteiger partial charge in [0, 0.05) is 5.56 Å². The van der Waals surface area contributed by atoms with Gasteiger partial charge < -0.3 is 5.11 Å². The highest BCUT2D eigenvalue weighted by atomic mass is 19.4. The lowest BCUT2D eigenvalue weighted by atomic mass is 9.97. The first-order chi connectivity index (χ1) is 11.5. The Bertz CT molecular complexity index is 798. The van der Waals surface area contributed by atoms with E-state index < -0.39 is 63.8 Å². The van der Waals surface area contributed by atoms with Crippen molar-refractivity contribution >= 4 is 5.78 Å². The molecule has 10 heteroatoms. The first-order valence-corrected chi connectivity index (χ1v) is 6.37. The summed E-state index contributed by atoms with van der Waals surface area (Å²) in [6.07, 6.45) is -7.52. The van der Waals surface area contributed by atoms with E-state index in [0.29, 0.717) is 24.3 Å². The minimum Gasteiger partial charge on any atom is -0.380 e. The first-order valence-electron chi connectivity index (χ1n) is 6.37. The number of aliphatic hydroxyl groups excluding tert-OH is 1. The molecule has 0 heterocycles. The average molecular weight is 370 g/mol. The molecule has 2 nitrogen and oxygen atoms in total. The molecule has 0 bridgehead atoms. The Morgan fingerprint density at radius 1 is 0.800 bits per heavy atom. The van der Waals surface area contributed by atoms with Crippen molar-refractivity contribution in [2.45, 2.75) is 12.3 Å². The summed E-state index contributed by atoms with van der Waals surface area (Å²) < 4.78 is 104. The normalized spacial score (nSPS) is 13.0. The summed E-state index contributed by atoms with van der Waals surface area (Å²) in [7, 11) is 0. The molecule has 0 aliphatic rings. The zero-order chi connectivity index (χ0) is 19.1. The smallest absolute Gasteiger partial charge is 0.380 e. The third-order valence-corrected chi connectivity index (χ3v) is 3.26. The number of hydrogen-bond donors (Lipinski definition) is 1. The van der Waals surface area contributed by atoms with Gasteiger partial charge in [-0.2, -0.15) is 13.2 Å². The van der Waals surface area contributed by atoms with Crippen LogP contribution in [-0.2, 0) is 6.18 Å². The molecule has 0 saturated carbocycles. The van der Waals surface area contributed by atoms with E-state index >= 15 is 0 Å². The minimum atomic E-state index is -4.72. The second-order valence-corrected chi connectivity index (χ2v) is 4.83. The molecule has 0 fully saturated rings. The average Bonchev–Trinajstić information content (AvgIpc) is 2.57. The number of Topliss-reactive ketones (excluding diaryl/α,β-unsaturated/α-hetero) is 1. The maximum atomic E-state index is 13.6. The molecule has 2 rings (SSSR count). The van der Waals surface area contributed by atoms with Crippen molar-refractivity contribution in [3.63, 3.8) is 0 Å². The topological polar surface area (TPSA) is 37.3 Å². The van der Waals surface area contributed by atoms with Crippen molar-refractivity contribution in [1.82, 2.24) is 0 Å². The number of halogens is 8. The molecule has 0 saturated heterocycles. The van der Waals surface area contributed by atoms with Gasteiger partial charge in [0.25, 0.3) is 0 Å². The van der Waals surface area contributed by atoms with Gasteiger partial charge in [0.05, 0.1) is 11.1 Å². The van der Waals surface area contributed by atoms with Crippen molar-refractivity contribution in [2.75, 3.05) is 0 Å². The van der Waals surface area contributed by atoms with Gasteiger partial charge in [-0.1, -0.05) is 12.1 Å². The molecule has 0 radical (unpaired) electrons. The van der Waals surface area contributed by atoms with Crippen LogP contribution in [-0.4, -0.2) is 10.9 Å². The van der Waals surface area contributed by atoms with Crippen LogP contribution in [0.25, 0.3) is 0 Å². The molecule has 134 valence electrons. The summed E-state index contributed by atoms with van der Waals surface area (Å²) in [6, 6.07) is 2.11. The van der Waals surface area contributed by atoms with E-state index in [4.69, 9.17) is 0 Å². The van der Waals surface area contributed by atoms with Crippen LogP contribution in [0.5, 0.6) is 0 Å². The van der Waals surface area contributed by atoms with Crippen LogP contribution >= 0.6 is 0 Å². The summed E-state index contributed by atoms with van der Waals surface area (Å²) in [4.78, 5) is 11.9. The highest BCUT2D eigenvalue weighted by Crippen LogP contribution is 2.32. The minimum absolute atomic E-state index is 0.457. The summed E-state index contributed by atoms with van der Waals surface area (Å²) in [5.74, 6) is -13.6. The number of ketones is 1. The van der Waals surface area contributed by atoms with E-state index in [1.54, 1.807) is 0 Å². The van der Waals surface area contributed by atoms with E-state index in [1.807, 2.05) is 0 Å². The molecular weight excluding hydrogens is 364 g/mol. The molecule has 1 N–H and O–H groups in total. The monoisotopic (exact) mass is 370 g/mol. The van der Waals surface area contributed by atoms with Crippen LogP contribution in [0.1, 0.15) is 27.6 Å². The Labute approximate surface area is 134 Å². The lowest BCUT2D eigenvalue weighted by Gasteiger charge is -2.14. The highest BCUT2D eigenvalue weighted by molar-refractivity contribution is 6.00. The van der Waals surface area contributed by atoms with Crippen molar-refractivity contribution in [2.24, 2.45) is 0 Å². The van der Waals surface area contributed by atoms with Gasteiger partial charge in [0.15, 0.2) is 29.1 Å². The van der Waals surface area contributed by atoms with Crippen LogP contribution in [0.15, 0.2) is 24.3 Å². The molecule has 0 unspecified atom stereocenters. The van der Waals surface area contributed by atoms with E-state index in [0.717, 1.165) is 0 Å². The standard InChI is InChI=1S/C15H6F8O2/c16-8-7(9(17)11(19)12(20)10(8)18)14(25)13(24)5-1-3-6(4-2-5)15(21,22)23/h1-4,14,25H/t14-/m1/s1. The molecule has 0 aliphatic carbocycles. The van der Waals surface area contributed by atoms with Crippen molar-refractivity contribution in [1.29, 1.82) is 0 Å². The number of alkyl halides is 3. The van der Waals surface area contributed by atoms with Crippen molar-refractivity contribution in [3.05, 3.63) is 70.0 Å². The maximum absolute atomic E-state index is 13.6. The molecule has 1 atom stereocenters. The van der Waals surface area contributed by atoms with Crippen LogP contribution < -0.4 is 0 Å². The number of carbonyl (C=O) groups is 1. The van der Waals surface area contributed by atoms with E-state index in [1.165, 1.54) is 0 Å². The summed E-state index contributed by atoms with van der Waals surface area (Å²) in [5.41, 5.74) is -3.56. The Morgan fingerprint density at radius 2 is 1.20 bits per heavy atom. The van der Waals surface area contributed by atoms with Gasteiger partial charge in [0.2, 0.25) is 5.82 Å². The Hall–Kier alpha value is -2.49. The molecule has 0 spiro atoms. The Balaban J connectivity index is 2.45. The summed E-state index contributed by atoms with van der Waals surface area (Å²) in [5, 5.41) is 9.67. The fraction of sp³-hybridized carbons (Fsp3) is 0.133. The lowest BCUT2D eigenvalue weighted by Crippen LogP contribution is -2.19. The second kappa shape index (κ2) is 6.43. The van der Waals surface area contributed by atoms with Gasteiger partial charge in [-0.15, -0.1) is 0 Å². The molecule has 2 aromatic carbocycles. The predicted molar refractivity (Wildman–Crippen MR) is 67.0 cm³/mol. The third kappa shape index (κ3) is 3.34. The number of benzene rings is 2. The molecule has 2 aromatic rings. The quantitative estimate of drug-likeness (QED) is 0.378. The first kappa shape index (κ1) is 18.8. The van der Waals surface area contributed by atoms with Gasteiger partial charge >= 0.3 is 6.18 Å². The van der Waals surface area contributed by atoms with Crippen LogP contribution in [0.4, 0.5) is 35.1 Å². The zero-order valence-electron chi connectivity index (χ0n) is 11.8. The highest BCUT2D eigenvalue weighted by Gasteiger charge is 2.34. The SMILES string of the molecule is O=C(c1ccc(C(F)(F)F)cc1)[C@H](O)c1c(F)c(F)c(F)c(F)c1F. The van der Waals surface area contributed by atoms with Crippen LogP contribution in [0.3, 0.4) is 0 Å². The Kier molecular flexibility index (Phi) is 4.85. The second-order valence-electron chi connectivity index (χ2n) is 4.83. The molecule has 0 aliphatic heterocycles. The predicted octanol–water partition coefficient (Wildman–Crippen LogP) is 4.32. The van der Waals surface area contributed by atoms with Gasteiger partial charge in [-0.25, -0.2) is 22.0 Å².